The van der Waals surface area contributed by atoms with Gasteiger partial charge in [-0.25, -0.2) is 0 Å². The van der Waals surface area contributed by atoms with Crippen LogP contribution in [0.4, 0.5) is 0 Å². The molecule has 1 heterocycles. The number of rotatable bonds is 7. The number of thioether (sulfide) groups is 1. The van der Waals surface area contributed by atoms with Gasteiger partial charge in [0.15, 0.2) is 0 Å². The summed E-state index contributed by atoms with van der Waals surface area (Å²) in [7, 11) is 1.97. The van der Waals surface area contributed by atoms with Gasteiger partial charge in [-0.2, -0.15) is 5.10 Å². The molecule has 0 amide bonds. The highest BCUT2D eigenvalue weighted by Crippen LogP contribution is 2.23. The molecule has 0 spiro atoms. The molecule has 1 N–H and O–H groups in total. The smallest absolute Gasteiger partial charge is 0.0727 e. The van der Waals surface area contributed by atoms with Crippen molar-refractivity contribution in [2.45, 2.75) is 43.5 Å². The maximum Gasteiger partial charge on any atom is 0.0727 e. The van der Waals surface area contributed by atoms with Crippen LogP contribution in [-0.2, 0) is 12.3 Å². The van der Waals surface area contributed by atoms with Crippen molar-refractivity contribution in [3.63, 3.8) is 0 Å². The molecular weight excluding hydrogens is 266 g/mol. The van der Waals surface area contributed by atoms with Crippen LogP contribution in [0.2, 0.25) is 0 Å². The second-order valence-corrected chi connectivity index (χ2v) is 6.06. The third-order valence-electron chi connectivity index (χ3n) is 3.40. The van der Waals surface area contributed by atoms with E-state index in [1.807, 2.05) is 18.8 Å². The summed E-state index contributed by atoms with van der Waals surface area (Å²) in [4.78, 5) is 1.29. The summed E-state index contributed by atoms with van der Waals surface area (Å²) in [6, 6.07) is 11.3. The predicted molar refractivity (Wildman–Crippen MR) is 86.0 cm³/mol. The van der Waals surface area contributed by atoms with Gasteiger partial charge in [0.25, 0.3) is 0 Å². The second-order valence-electron chi connectivity index (χ2n) is 5.01. The molecule has 108 valence electrons. The lowest BCUT2D eigenvalue weighted by atomic mass is 10.2. The third-order valence-corrected chi connectivity index (χ3v) is 4.44. The molecular formula is C16H23N3S. The van der Waals surface area contributed by atoms with Gasteiger partial charge in [-0.15, -0.1) is 11.8 Å². The molecule has 1 aromatic carbocycles. The Bertz CT molecular complexity index is 519. The van der Waals surface area contributed by atoms with Gasteiger partial charge >= 0.3 is 0 Å². The minimum Gasteiger partial charge on any atom is -0.316 e. The molecule has 2 aromatic rings. The number of benzene rings is 1. The fourth-order valence-electron chi connectivity index (χ4n) is 1.95. The van der Waals surface area contributed by atoms with Crippen molar-refractivity contribution >= 4 is 11.8 Å². The zero-order valence-corrected chi connectivity index (χ0v) is 13.3. The van der Waals surface area contributed by atoms with Gasteiger partial charge in [0.1, 0.15) is 0 Å². The van der Waals surface area contributed by atoms with E-state index in [1.165, 1.54) is 10.5 Å². The van der Waals surface area contributed by atoms with E-state index in [2.05, 4.69) is 65.5 Å². The van der Waals surface area contributed by atoms with E-state index in [-0.39, 0.29) is 0 Å². The number of nitrogens with zero attached hydrogens (tertiary/aromatic N) is 2. The van der Waals surface area contributed by atoms with Crippen LogP contribution in [0.25, 0.3) is 0 Å². The highest BCUT2D eigenvalue weighted by molar-refractivity contribution is 7.98. The van der Waals surface area contributed by atoms with Crippen LogP contribution in [0.3, 0.4) is 0 Å². The average molecular weight is 289 g/mol. The molecule has 0 aliphatic heterocycles. The molecule has 4 heteroatoms. The van der Waals surface area contributed by atoms with Crippen LogP contribution in [0.15, 0.2) is 41.4 Å². The van der Waals surface area contributed by atoms with Crippen LogP contribution in [0.1, 0.15) is 37.6 Å². The lowest BCUT2D eigenvalue weighted by molar-refractivity contribution is 0.475. The summed E-state index contributed by atoms with van der Waals surface area (Å²) in [6.45, 7) is 5.31. The lowest BCUT2D eigenvalue weighted by Gasteiger charge is -2.08. The Morgan fingerprint density at radius 1 is 1.25 bits per heavy atom. The standard InChI is InChI=1S/C16H23N3S/c1-4-13(2)19-10-9-15(18-19)12-20-16-7-5-14(6-8-16)11-17-3/h5-10,13,17H,4,11-12H2,1-3H3. The summed E-state index contributed by atoms with van der Waals surface area (Å²) in [5.74, 6) is 0.925. The highest BCUT2D eigenvalue weighted by Gasteiger charge is 2.05. The molecule has 0 radical (unpaired) electrons. The Labute approximate surface area is 125 Å². The molecule has 0 saturated heterocycles. The molecule has 0 saturated carbocycles. The van der Waals surface area contributed by atoms with E-state index in [0.29, 0.717) is 6.04 Å². The van der Waals surface area contributed by atoms with Crippen molar-refractivity contribution in [2.24, 2.45) is 0 Å². The topological polar surface area (TPSA) is 29.9 Å². The number of nitrogens with one attached hydrogen (secondary N) is 1. The summed E-state index contributed by atoms with van der Waals surface area (Å²) in [5, 5.41) is 7.79. The van der Waals surface area contributed by atoms with Crippen LogP contribution in [0, 0.1) is 0 Å². The summed E-state index contributed by atoms with van der Waals surface area (Å²) in [5.41, 5.74) is 2.47. The fraction of sp³-hybridized carbons (Fsp3) is 0.438. The van der Waals surface area contributed by atoms with E-state index < -0.39 is 0 Å². The molecule has 3 nitrogen and oxygen atoms in total. The maximum atomic E-state index is 4.63. The molecule has 1 aromatic heterocycles. The number of hydrogen-bond acceptors (Lipinski definition) is 3. The summed E-state index contributed by atoms with van der Waals surface area (Å²) >= 11 is 1.84. The van der Waals surface area contributed by atoms with Crippen molar-refractivity contribution in [3.8, 4) is 0 Å². The number of hydrogen-bond donors (Lipinski definition) is 1. The van der Waals surface area contributed by atoms with E-state index in [9.17, 15) is 0 Å². The Hall–Kier alpha value is -1.26. The van der Waals surface area contributed by atoms with Crippen molar-refractivity contribution in [1.29, 1.82) is 0 Å². The first-order valence-electron chi connectivity index (χ1n) is 7.13. The molecule has 0 bridgehead atoms. The average Bonchev–Trinajstić information content (AvgIpc) is 2.95. The monoisotopic (exact) mass is 289 g/mol. The van der Waals surface area contributed by atoms with Crippen LogP contribution in [0.5, 0.6) is 0 Å². The van der Waals surface area contributed by atoms with E-state index in [0.717, 1.165) is 24.4 Å². The van der Waals surface area contributed by atoms with Gasteiger partial charge in [-0.3, -0.25) is 4.68 Å². The first-order valence-corrected chi connectivity index (χ1v) is 8.12. The molecule has 0 aliphatic carbocycles. The fourth-order valence-corrected chi connectivity index (χ4v) is 2.75. The van der Waals surface area contributed by atoms with Crippen LogP contribution >= 0.6 is 11.8 Å². The van der Waals surface area contributed by atoms with E-state index >= 15 is 0 Å². The van der Waals surface area contributed by atoms with Crippen molar-refractivity contribution in [2.75, 3.05) is 7.05 Å². The molecule has 0 fully saturated rings. The molecule has 2 rings (SSSR count). The molecule has 1 atom stereocenters. The normalized spacial score (nSPS) is 12.6. The van der Waals surface area contributed by atoms with Gasteiger partial charge in [-0.05, 0) is 44.2 Å². The first-order chi connectivity index (χ1) is 9.72. The SMILES string of the molecule is CCC(C)n1ccc(CSc2ccc(CNC)cc2)n1. The third kappa shape index (κ3) is 4.12. The van der Waals surface area contributed by atoms with Gasteiger partial charge in [0.2, 0.25) is 0 Å². The molecule has 20 heavy (non-hydrogen) atoms. The van der Waals surface area contributed by atoms with Crippen LogP contribution in [-0.4, -0.2) is 16.8 Å². The summed E-state index contributed by atoms with van der Waals surface area (Å²) < 4.78 is 2.06. The minimum atomic E-state index is 0.481. The van der Waals surface area contributed by atoms with E-state index in [1.54, 1.807) is 0 Å². The zero-order chi connectivity index (χ0) is 14.4. The van der Waals surface area contributed by atoms with Crippen LogP contribution < -0.4 is 5.32 Å². The Morgan fingerprint density at radius 2 is 2.00 bits per heavy atom. The van der Waals surface area contributed by atoms with Gasteiger partial charge in [-0.1, -0.05) is 19.1 Å². The first kappa shape index (κ1) is 15.1. The highest BCUT2D eigenvalue weighted by atomic mass is 32.2. The van der Waals surface area contributed by atoms with E-state index in [4.69, 9.17) is 0 Å². The quantitative estimate of drug-likeness (QED) is 0.785. The Kier molecular flexibility index (Phi) is 5.68. The molecule has 0 aliphatic rings. The second kappa shape index (κ2) is 7.50. The predicted octanol–water partition coefficient (Wildman–Crippen LogP) is 3.87. The Morgan fingerprint density at radius 3 is 2.65 bits per heavy atom. The Balaban J connectivity index is 1.89. The minimum absolute atomic E-state index is 0.481. The van der Waals surface area contributed by atoms with Crippen molar-refractivity contribution in [1.82, 2.24) is 15.1 Å². The zero-order valence-electron chi connectivity index (χ0n) is 12.5. The van der Waals surface area contributed by atoms with Gasteiger partial charge in [0.05, 0.1) is 5.69 Å². The maximum absolute atomic E-state index is 4.63. The largest absolute Gasteiger partial charge is 0.316 e. The van der Waals surface area contributed by atoms with Crippen molar-refractivity contribution in [3.05, 3.63) is 47.8 Å². The van der Waals surface area contributed by atoms with Gasteiger partial charge in [0, 0.05) is 29.4 Å². The number of aromatic nitrogens is 2. The lowest BCUT2D eigenvalue weighted by Crippen LogP contribution is -2.04. The molecule has 1 unspecified atom stereocenters. The van der Waals surface area contributed by atoms with Gasteiger partial charge < -0.3 is 5.32 Å². The summed E-state index contributed by atoms with van der Waals surface area (Å²) in [6.07, 6.45) is 3.20. The van der Waals surface area contributed by atoms with Crippen molar-refractivity contribution < 1.29 is 0 Å².